The Hall–Kier alpha value is -0.530. The fourth-order valence-corrected chi connectivity index (χ4v) is 2.38. The van der Waals surface area contributed by atoms with Crippen LogP contribution < -0.4 is 0 Å². The topological polar surface area (TPSA) is 20.3 Å². The fraction of sp³-hybridized carbons (Fsp3) is 0.938. The SMILES string of the molecule is CCCCN(C(=O)C(C)CC)C(CCC)CCC. The van der Waals surface area contributed by atoms with Gasteiger partial charge in [0.15, 0.2) is 0 Å². The average molecular weight is 255 g/mol. The highest BCUT2D eigenvalue weighted by Gasteiger charge is 2.24. The van der Waals surface area contributed by atoms with E-state index in [4.69, 9.17) is 0 Å². The summed E-state index contributed by atoms with van der Waals surface area (Å²) in [5.74, 6) is 0.552. The van der Waals surface area contributed by atoms with Crippen molar-refractivity contribution in [2.24, 2.45) is 5.92 Å². The van der Waals surface area contributed by atoms with Crippen molar-refractivity contribution in [3.63, 3.8) is 0 Å². The Kier molecular flexibility index (Phi) is 10.1. The van der Waals surface area contributed by atoms with Crippen LogP contribution in [-0.4, -0.2) is 23.4 Å². The predicted octanol–water partition coefficient (Wildman–Crippen LogP) is 4.63. The van der Waals surface area contributed by atoms with Crippen molar-refractivity contribution >= 4 is 5.91 Å². The Morgan fingerprint density at radius 1 is 1.00 bits per heavy atom. The van der Waals surface area contributed by atoms with E-state index in [-0.39, 0.29) is 5.92 Å². The van der Waals surface area contributed by atoms with E-state index in [0.29, 0.717) is 11.9 Å². The smallest absolute Gasteiger partial charge is 0.225 e. The first-order valence-corrected chi connectivity index (χ1v) is 7.92. The molecule has 0 aliphatic carbocycles. The summed E-state index contributed by atoms with van der Waals surface area (Å²) < 4.78 is 0. The molecule has 0 N–H and O–H groups in total. The van der Waals surface area contributed by atoms with Crippen molar-refractivity contribution in [3.05, 3.63) is 0 Å². The van der Waals surface area contributed by atoms with Crippen molar-refractivity contribution in [1.29, 1.82) is 0 Å². The zero-order valence-electron chi connectivity index (χ0n) is 13.2. The molecule has 0 saturated heterocycles. The molecular weight excluding hydrogens is 222 g/mol. The Balaban J connectivity index is 4.74. The van der Waals surface area contributed by atoms with Gasteiger partial charge in [-0.2, -0.15) is 0 Å². The van der Waals surface area contributed by atoms with E-state index in [1.54, 1.807) is 0 Å². The van der Waals surface area contributed by atoms with E-state index >= 15 is 0 Å². The quantitative estimate of drug-likeness (QED) is 0.557. The van der Waals surface area contributed by atoms with Crippen LogP contribution in [0.4, 0.5) is 0 Å². The van der Waals surface area contributed by atoms with Crippen LogP contribution in [0.2, 0.25) is 0 Å². The first kappa shape index (κ1) is 17.5. The van der Waals surface area contributed by atoms with E-state index in [9.17, 15) is 4.79 Å². The van der Waals surface area contributed by atoms with Crippen LogP contribution >= 0.6 is 0 Å². The fourth-order valence-electron chi connectivity index (χ4n) is 2.38. The molecule has 2 nitrogen and oxygen atoms in total. The maximum Gasteiger partial charge on any atom is 0.225 e. The number of hydrogen-bond donors (Lipinski definition) is 0. The molecule has 0 aliphatic heterocycles. The molecule has 2 heteroatoms. The molecule has 1 atom stereocenters. The van der Waals surface area contributed by atoms with Crippen LogP contribution in [0.15, 0.2) is 0 Å². The summed E-state index contributed by atoms with van der Waals surface area (Å²) in [4.78, 5) is 14.7. The Morgan fingerprint density at radius 3 is 1.94 bits per heavy atom. The zero-order chi connectivity index (χ0) is 14.0. The summed E-state index contributed by atoms with van der Waals surface area (Å²) in [6, 6.07) is 0.466. The van der Waals surface area contributed by atoms with Crippen molar-refractivity contribution in [3.8, 4) is 0 Å². The van der Waals surface area contributed by atoms with Gasteiger partial charge in [-0.05, 0) is 25.7 Å². The van der Waals surface area contributed by atoms with E-state index in [0.717, 1.165) is 38.6 Å². The first-order chi connectivity index (χ1) is 8.62. The highest BCUT2D eigenvalue weighted by molar-refractivity contribution is 5.78. The summed E-state index contributed by atoms with van der Waals surface area (Å²) >= 11 is 0. The number of rotatable bonds is 10. The van der Waals surface area contributed by atoms with E-state index in [1.807, 2.05) is 0 Å². The summed E-state index contributed by atoms with van der Waals surface area (Å²) in [6.07, 6.45) is 7.88. The number of hydrogen-bond acceptors (Lipinski definition) is 1. The third-order valence-electron chi connectivity index (χ3n) is 3.75. The van der Waals surface area contributed by atoms with Gasteiger partial charge in [0.2, 0.25) is 5.91 Å². The lowest BCUT2D eigenvalue weighted by atomic mass is 10.0. The third kappa shape index (κ3) is 5.88. The molecule has 108 valence electrons. The van der Waals surface area contributed by atoms with Gasteiger partial charge in [0, 0.05) is 18.5 Å². The van der Waals surface area contributed by atoms with Gasteiger partial charge in [-0.25, -0.2) is 0 Å². The number of carbonyl (C=O) groups is 1. The molecule has 0 saturated carbocycles. The van der Waals surface area contributed by atoms with Crippen LogP contribution in [0.3, 0.4) is 0 Å². The lowest BCUT2D eigenvalue weighted by Crippen LogP contribution is -2.43. The molecule has 1 unspecified atom stereocenters. The average Bonchev–Trinajstić information content (AvgIpc) is 2.38. The van der Waals surface area contributed by atoms with Crippen molar-refractivity contribution in [2.45, 2.75) is 85.6 Å². The summed E-state index contributed by atoms with van der Waals surface area (Å²) in [7, 11) is 0. The molecule has 1 amide bonds. The number of carbonyl (C=O) groups excluding carboxylic acids is 1. The highest BCUT2D eigenvalue weighted by atomic mass is 16.2. The molecule has 0 aromatic carbocycles. The van der Waals surface area contributed by atoms with Gasteiger partial charge in [0.05, 0.1) is 0 Å². The van der Waals surface area contributed by atoms with Gasteiger partial charge < -0.3 is 4.90 Å². The second kappa shape index (κ2) is 10.4. The van der Waals surface area contributed by atoms with Crippen LogP contribution in [0, 0.1) is 5.92 Å². The first-order valence-electron chi connectivity index (χ1n) is 7.92. The molecule has 0 aliphatic rings. The summed E-state index contributed by atoms with van der Waals surface area (Å²) in [6.45, 7) is 11.7. The summed E-state index contributed by atoms with van der Waals surface area (Å²) in [5, 5.41) is 0. The van der Waals surface area contributed by atoms with Gasteiger partial charge in [-0.15, -0.1) is 0 Å². The molecule has 0 fully saturated rings. The maximum atomic E-state index is 12.5. The Morgan fingerprint density at radius 2 is 1.56 bits per heavy atom. The van der Waals surface area contributed by atoms with Gasteiger partial charge >= 0.3 is 0 Å². The van der Waals surface area contributed by atoms with Gasteiger partial charge in [0.1, 0.15) is 0 Å². The van der Waals surface area contributed by atoms with Crippen LogP contribution in [0.5, 0.6) is 0 Å². The number of amides is 1. The van der Waals surface area contributed by atoms with E-state index < -0.39 is 0 Å². The molecule has 0 radical (unpaired) electrons. The normalized spacial score (nSPS) is 12.8. The molecule has 0 rings (SSSR count). The minimum atomic E-state index is 0.179. The molecule has 0 aromatic heterocycles. The third-order valence-corrected chi connectivity index (χ3v) is 3.75. The van der Waals surface area contributed by atoms with Gasteiger partial charge in [-0.3, -0.25) is 4.79 Å². The highest BCUT2D eigenvalue weighted by Crippen LogP contribution is 2.18. The largest absolute Gasteiger partial charge is 0.339 e. The second-order valence-corrected chi connectivity index (χ2v) is 5.43. The minimum absolute atomic E-state index is 0.179. The number of unbranched alkanes of at least 4 members (excludes halogenated alkanes) is 1. The molecule has 18 heavy (non-hydrogen) atoms. The lowest BCUT2D eigenvalue weighted by molar-refractivity contribution is -0.138. The molecule has 0 bridgehead atoms. The molecule has 0 heterocycles. The predicted molar refractivity (Wildman–Crippen MR) is 79.7 cm³/mol. The monoisotopic (exact) mass is 255 g/mol. The number of nitrogens with zero attached hydrogens (tertiary/aromatic N) is 1. The van der Waals surface area contributed by atoms with Crippen molar-refractivity contribution < 1.29 is 4.79 Å². The lowest BCUT2D eigenvalue weighted by Gasteiger charge is -2.33. The van der Waals surface area contributed by atoms with Gasteiger partial charge in [-0.1, -0.05) is 53.9 Å². The summed E-state index contributed by atoms with van der Waals surface area (Å²) in [5.41, 5.74) is 0. The van der Waals surface area contributed by atoms with E-state index in [1.165, 1.54) is 12.8 Å². The molecule has 0 aromatic rings. The van der Waals surface area contributed by atoms with Crippen molar-refractivity contribution in [1.82, 2.24) is 4.90 Å². The minimum Gasteiger partial charge on any atom is -0.339 e. The van der Waals surface area contributed by atoms with E-state index in [2.05, 4.69) is 39.5 Å². The van der Waals surface area contributed by atoms with Crippen LogP contribution in [-0.2, 0) is 4.79 Å². The van der Waals surface area contributed by atoms with Crippen LogP contribution in [0.1, 0.15) is 79.6 Å². The van der Waals surface area contributed by atoms with Gasteiger partial charge in [0.25, 0.3) is 0 Å². The maximum absolute atomic E-state index is 12.5. The zero-order valence-corrected chi connectivity index (χ0v) is 13.2. The Labute approximate surface area is 114 Å². The Bertz CT molecular complexity index is 209. The standard InChI is InChI=1S/C16H33NO/c1-6-10-13-17(16(18)14(5)9-4)15(11-7-2)12-8-3/h14-15H,6-13H2,1-5H3. The van der Waals surface area contributed by atoms with Crippen molar-refractivity contribution in [2.75, 3.05) is 6.54 Å². The molecule has 0 spiro atoms. The van der Waals surface area contributed by atoms with Crippen LogP contribution in [0.25, 0.3) is 0 Å². The molecular formula is C16H33NO. The second-order valence-electron chi connectivity index (χ2n) is 5.43.